The van der Waals surface area contributed by atoms with E-state index in [2.05, 4.69) is 24.3 Å². The summed E-state index contributed by atoms with van der Waals surface area (Å²) in [5.41, 5.74) is 8.22. The van der Waals surface area contributed by atoms with E-state index in [-0.39, 0.29) is 6.04 Å². The van der Waals surface area contributed by atoms with Crippen molar-refractivity contribution in [2.45, 2.75) is 19.4 Å². The lowest BCUT2D eigenvalue weighted by molar-refractivity contribution is 0.202. The first-order chi connectivity index (χ1) is 6.24. The molecule has 0 aliphatic rings. The molecule has 1 aromatic carbocycles. The zero-order valence-corrected chi connectivity index (χ0v) is 8.29. The Morgan fingerprint density at radius 1 is 1.31 bits per heavy atom. The van der Waals surface area contributed by atoms with Crippen molar-refractivity contribution in [2.75, 3.05) is 13.7 Å². The van der Waals surface area contributed by atoms with E-state index in [0.29, 0.717) is 0 Å². The summed E-state index contributed by atoms with van der Waals surface area (Å²) in [6, 6.07) is 8.50. The molecule has 1 atom stereocenters. The van der Waals surface area contributed by atoms with Gasteiger partial charge < -0.3 is 10.5 Å². The van der Waals surface area contributed by atoms with Gasteiger partial charge in [-0.1, -0.05) is 24.3 Å². The Bertz CT molecular complexity index is 241. The van der Waals surface area contributed by atoms with E-state index >= 15 is 0 Å². The van der Waals surface area contributed by atoms with Crippen LogP contribution in [0.4, 0.5) is 0 Å². The third-order valence-corrected chi connectivity index (χ3v) is 2.10. The fourth-order valence-corrected chi connectivity index (χ4v) is 1.21. The Hall–Kier alpha value is -0.860. The number of rotatable bonds is 4. The van der Waals surface area contributed by atoms with Crippen LogP contribution in [0.1, 0.15) is 24.1 Å². The summed E-state index contributed by atoms with van der Waals surface area (Å²) in [7, 11) is 1.72. The molecule has 2 N–H and O–H groups in total. The maximum absolute atomic E-state index is 5.74. The molecule has 0 spiro atoms. The molecular weight excluding hydrogens is 162 g/mol. The lowest BCUT2D eigenvalue weighted by atomic mass is 10.1. The molecule has 0 fully saturated rings. The average molecular weight is 179 g/mol. The SMILES string of the molecule is COCCc1ccc(C(C)N)cc1. The van der Waals surface area contributed by atoms with Crippen LogP contribution in [-0.2, 0) is 11.2 Å². The molecule has 1 unspecified atom stereocenters. The summed E-state index contributed by atoms with van der Waals surface area (Å²) < 4.78 is 5.00. The molecule has 0 aliphatic carbocycles. The molecule has 0 aromatic heterocycles. The van der Waals surface area contributed by atoms with Gasteiger partial charge in [0.2, 0.25) is 0 Å². The van der Waals surface area contributed by atoms with Gasteiger partial charge in [0.05, 0.1) is 6.61 Å². The molecule has 0 saturated heterocycles. The summed E-state index contributed by atoms with van der Waals surface area (Å²) in [5, 5.41) is 0. The van der Waals surface area contributed by atoms with Crippen molar-refractivity contribution >= 4 is 0 Å². The van der Waals surface area contributed by atoms with E-state index in [1.807, 2.05) is 6.92 Å². The standard InChI is InChI=1S/C11H17NO/c1-9(12)11-5-3-10(4-6-11)7-8-13-2/h3-6,9H,7-8,12H2,1-2H3. The zero-order chi connectivity index (χ0) is 9.68. The van der Waals surface area contributed by atoms with Gasteiger partial charge in [-0.05, 0) is 24.5 Å². The minimum atomic E-state index is 0.122. The first kappa shape index (κ1) is 10.2. The summed E-state index contributed by atoms with van der Waals surface area (Å²) in [6.07, 6.45) is 0.968. The zero-order valence-electron chi connectivity index (χ0n) is 8.29. The first-order valence-corrected chi connectivity index (χ1v) is 4.57. The van der Waals surface area contributed by atoms with Gasteiger partial charge in [-0.15, -0.1) is 0 Å². The molecule has 2 heteroatoms. The highest BCUT2D eigenvalue weighted by atomic mass is 16.5. The van der Waals surface area contributed by atoms with Gasteiger partial charge in [-0.25, -0.2) is 0 Å². The third-order valence-electron chi connectivity index (χ3n) is 2.10. The predicted molar refractivity (Wildman–Crippen MR) is 54.6 cm³/mol. The van der Waals surface area contributed by atoms with Crippen LogP contribution in [0, 0.1) is 0 Å². The number of benzene rings is 1. The van der Waals surface area contributed by atoms with Gasteiger partial charge in [0.1, 0.15) is 0 Å². The molecule has 2 nitrogen and oxygen atoms in total. The number of hydrogen-bond acceptors (Lipinski definition) is 2. The minimum Gasteiger partial charge on any atom is -0.384 e. The monoisotopic (exact) mass is 179 g/mol. The molecule has 0 aliphatic heterocycles. The molecular formula is C11H17NO. The molecule has 0 bridgehead atoms. The fraction of sp³-hybridized carbons (Fsp3) is 0.455. The van der Waals surface area contributed by atoms with E-state index in [4.69, 9.17) is 10.5 Å². The van der Waals surface area contributed by atoms with Gasteiger partial charge in [-0.2, -0.15) is 0 Å². The molecule has 1 aromatic rings. The largest absolute Gasteiger partial charge is 0.384 e. The molecule has 0 saturated carbocycles. The maximum Gasteiger partial charge on any atom is 0.0502 e. The summed E-state index contributed by atoms with van der Waals surface area (Å²) >= 11 is 0. The molecule has 72 valence electrons. The highest BCUT2D eigenvalue weighted by Gasteiger charge is 1.98. The second-order valence-electron chi connectivity index (χ2n) is 3.27. The van der Waals surface area contributed by atoms with Crippen molar-refractivity contribution in [3.05, 3.63) is 35.4 Å². The molecule has 0 amide bonds. The topological polar surface area (TPSA) is 35.2 Å². The van der Waals surface area contributed by atoms with E-state index in [1.165, 1.54) is 11.1 Å². The first-order valence-electron chi connectivity index (χ1n) is 4.57. The fourth-order valence-electron chi connectivity index (χ4n) is 1.21. The maximum atomic E-state index is 5.74. The number of methoxy groups -OCH3 is 1. The van der Waals surface area contributed by atoms with Gasteiger partial charge >= 0.3 is 0 Å². The summed E-state index contributed by atoms with van der Waals surface area (Å²) in [4.78, 5) is 0. The summed E-state index contributed by atoms with van der Waals surface area (Å²) in [6.45, 7) is 2.77. The van der Waals surface area contributed by atoms with Crippen molar-refractivity contribution in [1.29, 1.82) is 0 Å². The Balaban J connectivity index is 2.59. The van der Waals surface area contributed by atoms with Crippen LogP contribution in [0.3, 0.4) is 0 Å². The smallest absolute Gasteiger partial charge is 0.0502 e. The molecule has 13 heavy (non-hydrogen) atoms. The van der Waals surface area contributed by atoms with Crippen LogP contribution >= 0.6 is 0 Å². The van der Waals surface area contributed by atoms with E-state index in [0.717, 1.165) is 13.0 Å². The Morgan fingerprint density at radius 3 is 2.38 bits per heavy atom. The van der Waals surface area contributed by atoms with Crippen molar-refractivity contribution < 1.29 is 4.74 Å². The second-order valence-corrected chi connectivity index (χ2v) is 3.27. The van der Waals surface area contributed by atoms with Gasteiger partial charge in [0, 0.05) is 13.2 Å². The van der Waals surface area contributed by atoms with Gasteiger partial charge in [-0.3, -0.25) is 0 Å². The lowest BCUT2D eigenvalue weighted by Gasteiger charge is -2.06. The molecule has 0 heterocycles. The Kier molecular flexibility index (Phi) is 3.93. The Morgan fingerprint density at radius 2 is 1.92 bits per heavy atom. The average Bonchev–Trinajstić information content (AvgIpc) is 2.15. The highest BCUT2D eigenvalue weighted by molar-refractivity contribution is 5.24. The predicted octanol–water partition coefficient (Wildman–Crippen LogP) is 1.90. The van der Waals surface area contributed by atoms with Crippen LogP contribution in [0.5, 0.6) is 0 Å². The van der Waals surface area contributed by atoms with Gasteiger partial charge in [0.25, 0.3) is 0 Å². The van der Waals surface area contributed by atoms with Crippen LogP contribution in [0.25, 0.3) is 0 Å². The Labute approximate surface area is 79.7 Å². The molecule has 1 rings (SSSR count). The molecule has 0 radical (unpaired) electrons. The van der Waals surface area contributed by atoms with Crippen molar-refractivity contribution in [3.8, 4) is 0 Å². The summed E-state index contributed by atoms with van der Waals surface area (Å²) in [5.74, 6) is 0. The number of ether oxygens (including phenoxy) is 1. The normalized spacial score (nSPS) is 12.8. The third kappa shape index (κ3) is 3.17. The number of hydrogen-bond donors (Lipinski definition) is 1. The van der Waals surface area contributed by atoms with Crippen molar-refractivity contribution in [2.24, 2.45) is 5.73 Å². The number of nitrogens with two attached hydrogens (primary N) is 1. The minimum absolute atomic E-state index is 0.122. The van der Waals surface area contributed by atoms with Crippen LogP contribution < -0.4 is 5.73 Å². The second kappa shape index (κ2) is 5.00. The van der Waals surface area contributed by atoms with Crippen molar-refractivity contribution in [1.82, 2.24) is 0 Å². The van der Waals surface area contributed by atoms with E-state index in [1.54, 1.807) is 7.11 Å². The highest BCUT2D eigenvalue weighted by Crippen LogP contribution is 2.10. The van der Waals surface area contributed by atoms with E-state index in [9.17, 15) is 0 Å². The quantitative estimate of drug-likeness (QED) is 0.766. The van der Waals surface area contributed by atoms with Crippen LogP contribution in [-0.4, -0.2) is 13.7 Å². The van der Waals surface area contributed by atoms with E-state index < -0.39 is 0 Å². The lowest BCUT2D eigenvalue weighted by Crippen LogP contribution is -2.04. The van der Waals surface area contributed by atoms with Crippen LogP contribution in [0.15, 0.2) is 24.3 Å². The van der Waals surface area contributed by atoms with Gasteiger partial charge in [0.15, 0.2) is 0 Å². The van der Waals surface area contributed by atoms with Crippen LogP contribution in [0.2, 0.25) is 0 Å². The van der Waals surface area contributed by atoms with Crippen molar-refractivity contribution in [3.63, 3.8) is 0 Å².